The second kappa shape index (κ2) is 5.91. The molecule has 0 saturated carbocycles. The molecule has 0 nitrogen and oxygen atoms in total. The molecule has 4 aromatic rings. The van der Waals surface area contributed by atoms with E-state index in [1.165, 1.54) is 21.9 Å². The molecule has 0 aliphatic rings. The van der Waals surface area contributed by atoms with E-state index >= 15 is 0 Å². The SMILES string of the molecule is Clc1c2ccccc2c(/C=C/c2ccccc2)c2ccccc12. The first kappa shape index (κ1) is 14.0. The first-order valence-corrected chi connectivity index (χ1v) is 8.04. The molecule has 0 aromatic heterocycles. The molecule has 0 spiro atoms. The van der Waals surface area contributed by atoms with E-state index in [1.807, 2.05) is 18.2 Å². The summed E-state index contributed by atoms with van der Waals surface area (Å²) in [5.41, 5.74) is 2.40. The standard InChI is InChI=1S/C22H15Cl/c23-22-20-12-6-4-10-17(20)19(18-11-5-7-13-21(18)22)15-14-16-8-2-1-3-9-16/h1-15H/b15-14+. The zero-order valence-corrected chi connectivity index (χ0v) is 13.3. The molecule has 4 rings (SSSR count). The minimum absolute atomic E-state index is 0.827. The van der Waals surface area contributed by atoms with Gasteiger partial charge in [0.05, 0.1) is 5.02 Å². The summed E-state index contributed by atoms with van der Waals surface area (Å²) in [5.74, 6) is 0. The summed E-state index contributed by atoms with van der Waals surface area (Å²) in [4.78, 5) is 0. The third-order valence-electron chi connectivity index (χ3n) is 4.15. The van der Waals surface area contributed by atoms with Gasteiger partial charge in [0.2, 0.25) is 0 Å². The molecule has 0 saturated heterocycles. The molecule has 0 radical (unpaired) electrons. The predicted molar refractivity (Wildman–Crippen MR) is 102 cm³/mol. The van der Waals surface area contributed by atoms with Gasteiger partial charge in [0, 0.05) is 10.8 Å². The average Bonchev–Trinajstić information content (AvgIpc) is 2.63. The van der Waals surface area contributed by atoms with Gasteiger partial charge >= 0.3 is 0 Å². The number of rotatable bonds is 2. The summed E-state index contributed by atoms with van der Waals surface area (Å²) in [6, 6.07) is 27.0. The number of benzene rings is 4. The normalized spacial score (nSPS) is 11.5. The summed E-state index contributed by atoms with van der Waals surface area (Å²) in [6.07, 6.45) is 4.35. The number of hydrogen-bond donors (Lipinski definition) is 0. The van der Waals surface area contributed by atoms with Crippen LogP contribution in [0.2, 0.25) is 5.02 Å². The fraction of sp³-hybridized carbons (Fsp3) is 0. The second-order valence-electron chi connectivity index (χ2n) is 5.56. The number of fused-ring (bicyclic) bond motifs is 2. The molecule has 4 aromatic carbocycles. The maximum atomic E-state index is 6.64. The van der Waals surface area contributed by atoms with Crippen molar-refractivity contribution in [2.24, 2.45) is 0 Å². The van der Waals surface area contributed by atoms with Crippen molar-refractivity contribution in [3.05, 3.63) is 95.0 Å². The predicted octanol–water partition coefficient (Wildman–Crippen LogP) is 6.82. The fourth-order valence-corrected chi connectivity index (χ4v) is 3.36. The lowest BCUT2D eigenvalue weighted by Gasteiger charge is -2.11. The van der Waals surface area contributed by atoms with Crippen LogP contribution >= 0.6 is 11.6 Å². The third-order valence-corrected chi connectivity index (χ3v) is 4.56. The molecule has 0 amide bonds. The Morgan fingerprint density at radius 3 is 1.57 bits per heavy atom. The van der Waals surface area contributed by atoms with Gasteiger partial charge in [0.15, 0.2) is 0 Å². The highest BCUT2D eigenvalue weighted by atomic mass is 35.5. The molecule has 0 atom stereocenters. The molecule has 23 heavy (non-hydrogen) atoms. The molecule has 0 fully saturated rings. The van der Waals surface area contributed by atoms with Gasteiger partial charge in [0.1, 0.15) is 0 Å². The van der Waals surface area contributed by atoms with Crippen LogP contribution in [-0.2, 0) is 0 Å². The van der Waals surface area contributed by atoms with Gasteiger partial charge in [-0.25, -0.2) is 0 Å². The summed E-state index contributed by atoms with van der Waals surface area (Å²) < 4.78 is 0. The Balaban J connectivity index is 2.03. The first-order chi connectivity index (χ1) is 11.3. The Kier molecular flexibility index (Phi) is 3.61. The van der Waals surface area contributed by atoms with E-state index in [-0.39, 0.29) is 0 Å². The number of halogens is 1. The van der Waals surface area contributed by atoms with Crippen molar-refractivity contribution in [2.45, 2.75) is 0 Å². The van der Waals surface area contributed by atoms with Crippen LogP contribution in [0.3, 0.4) is 0 Å². The lowest BCUT2D eigenvalue weighted by Crippen LogP contribution is -1.85. The highest BCUT2D eigenvalue weighted by molar-refractivity contribution is 6.41. The van der Waals surface area contributed by atoms with Gasteiger partial charge in [0.25, 0.3) is 0 Å². The van der Waals surface area contributed by atoms with Crippen molar-refractivity contribution in [2.75, 3.05) is 0 Å². The third kappa shape index (κ3) is 2.52. The first-order valence-electron chi connectivity index (χ1n) is 7.67. The number of hydrogen-bond acceptors (Lipinski definition) is 0. The summed E-state index contributed by atoms with van der Waals surface area (Å²) >= 11 is 6.64. The molecule has 0 aliphatic carbocycles. The highest BCUT2D eigenvalue weighted by Gasteiger charge is 2.09. The topological polar surface area (TPSA) is 0 Å². The van der Waals surface area contributed by atoms with Crippen molar-refractivity contribution >= 4 is 45.3 Å². The monoisotopic (exact) mass is 314 g/mol. The average molecular weight is 315 g/mol. The van der Waals surface area contributed by atoms with Crippen LogP contribution in [0.15, 0.2) is 78.9 Å². The van der Waals surface area contributed by atoms with Gasteiger partial charge in [-0.3, -0.25) is 0 Å². The van der Waals surface area contributed by atoms with Crippen LogP contribution in [0.1, 0.15) is 11.1 Å². The van der Waals surface area contributed by atoms with E-state index in [4.69, 9.17) is 11.6 Å². The van der Waals surface area contributed by atoms with E-state index in [2.05, 4.69) is 72.8 Å². The van der Waals surface area contributed by atoms with Crippen LogP contribution in [-0.4, -0.2) is 0 Å². The van der Waals surface area contributed by atoms with Crippen LogP contribution in [0.25, 0.3) is 33.7 Å². The van der Waals surface area contributed by atoms with E-state index in [0.717, 1.165) is 15.8 Å². The van der Waals surface area contributed by atoms with E-state index in [0.29, 0.717) is 0 Å². The Morgan fingerprint density at radius 1 is 0.522 bits per heavy atom. The van der Waals surface area contributed by atoms with Crippen LogP contribution < -0.4 is 0 Å². The minimum Gasteiger partial charge on any atom is -0.0830 e. The molecule has 0 bridgehead atoms. The van der Waals surface area contributed by atoms with Gasteiger partial charge in [-0.1, -0.05) is 103 Å². The van der Waals surface area contributed by atoms with Crippen molar-refractivity contribution in [1.82, 2.24) is 0 Å². The van der Waals surface area contributed by atoms with Crippen LogP contribution in [0.4, 0.5) is 0 Å². The van der Waals surface area contributed by atoms with E-state index in [9.17, 15) is 0 Å². The van der Waals surface area contributed by atoms with Crippen molar-refractivity contribution < 1.29 is 0 Å². The fourth-order valence-electron chi connectivity index (χ4n) is 3.03. The Morgan fingerprint density at radius 2 is 1.00 bits per heavy atom. The molecule has 1 heteroatoms. The van der Waals surface area contributed by atoms with E-state index < -0.39 is 0 Å². The molecule has 110 valence electrons. The molecule has 0 heterocycles. The Hall–Kier alpha value is -2.57. The summed E-state index contributed by atoms with van der Waals surface area (Å²) in [7, 11) is 0. The highest BCUT2D eigenvalue weighted by Crippen LogP contribution is 2.36. The van der Waals surface area contributed by atoms with Gasteiger partial charge in [-0.15, -0.1) is 0 Å². The Bertz CT molecular complexity index is 957. The lowest BCUT2D eigenvalue weighted by atomic mass is 9.96. The van der Waals surface area contributed by atoms with Crippen molar-refractivity contribution in [3.8, 4) is 0 Å². The second-order valence-corrected chi connectivity index (χ2v) is 5.94. The van der Waals surface area contributed by atoms with Gasteiger partial charge in [-0.2, -0.15) is 0 Å². The quantitative estimate of drug-likeness (QED) is 0.281. The molecule has 0 aliphatic heterocycles. The van der Waals surface area contributed by atoms with Crippen LogP contribution in [0, 0.1) is 0 Å². The molecular formula is C22H15Cl. The van der Waals surface area contributed by atoms with Gasteiger partial charge in [-0.05, 0) is 21.9 Å². The lowest BCUT2D eigenvalue weighted by molar-refractivity contribution is 1.66. The van der Waals surface area contributed by atoms with E-state index in [1.54, 1.807) is 0 Å². The summed E-state index contributed by atoms with van der Waals surface area (Å²) in [5, 5.41) is 5.39. The van der Waals surface area contributed by atoms with Crippen molar-refractivity contribution in [3.63, 3.8) is 0 Å². The smallest absolute Gasteiger partial charge is 0.0563 e. The minimum atomic E-state index is 0.827. The molecular weight excluding hydrogens is 300 g/mol. The van der Waals surface area contributed by atoms with Gasteiger partial charge < -0.3 is 0 Å². The Labute approximate surface area is 140 Å². The zero-order valence-electron chi connectivity index (χ0n) is 12.5. The maximum Gasteiger partial charge on any atom is 0.0563 e. The maximum absolute atomic E-state index is 6.64. The zero-order chi connectivity index (χ0) is 15.6. The molecule has 0 N–H and O–H groups in total. The largest absolute Gasteiger partial charge is 0.0830 e. The van der Waals surface area contributed by atoms with Crippen LogP contribution in [0.5, 0.6) is 0 Å². The summed E-state index contributed by atoms with van der Waals surface area (Å²) in [6.45, 7) is 0. The molecule has 0 unspecified atom stereocenters. The van der Waals surface area contributed by atoms with Crippen molar-refractivity contribution in [1.29, 1.82) is 0 Å².